The number of allylic oxidation sites excluding steroid dienone is 1. The van der Waals surface area contributed by atoms with Crippen LogP contribution in [0.2, 0.25) is 0 Å². The number of carbonyl (C=O) groups excluding carboxylic acids is 1. The largest absolute Gasteiger partial charge is 0.478 e. The number of rotatable bonds is 3. The summed E-state index contributed by atoms with van der Waals surface area (Å²) >= 11 is 3.43. The van der Waals surface area contributed by atoms with Gasteiger partial charge >= 0.3 is 0 Å². The lowest BCUT2D eigenvalue weighted by molar-refractivity contribution is 0.0606. The number of hydrogen-bond acceptors (Lipinski definition) is 4. The van der Waals surface area contributed by atoms with Crippen LogP contribution < -0.4 is 9.47 Å². The van der Waals surface area contributed by atoms with Gasteiger partial charge in [-0.15, -0.1) is 0 Å². The van der Waals surface area contributed by atoms with Crippen LogP contribution in [0.15, 0.2) is 77.0 Å². The number of ketones is 1. The van der Waals surface area contributed by atoms with Crippen LogP contribution in [0.4, 0.5) is 0 Å². The minimum Gasteiger partial charge on any atom is -0.478 e. The van der Waals surface area contributed by atoms with Gasteiger partial charge in [0.15, 0.2) is 5.76 Å². The molecule has 0 spiro atoms. The summed E-state index contributed by atoms with van der Waals surface area (Å²) in [4.78, 5) is 15.2. The van der Waals surface area contributed by atoms with Gasteiger partial charge in [-0.25, -0.2) is 0 Å². The molecule has 3 aromatic carbocycles. The highest BCUT2D eigenvalue weighted by Crippen LogP contribution is 2.43. The van der Waals surface area contributed by atoms with Crippen LogP contribution in [0.3, 0.4) is 0 Å². The average molecular weight is 462 g/mol. The Morgan fingerprint density at radius 1 is 1.03 bits per heavy atom. The third-order valence-corrected chi connectivity index (χ3v) is 6.17. The maximum atomic E-state index is 12.9. The molecule has 1 atom stereocenters. The number of fused-ring (bicyclic) bond motifs is 3. The molecule has 30 heavy (non-hydrogen) atoms. The molecule has 0 bridgehead atoms. The monoisotopic (exact) mass is 461 g/mol. The van der Waals surface area contributed by atoms with Crippen molar-refractivity contribution < 1.29 is 14.3 Å². The summed E-state index contributed by atoms with van der Waals surface area (Å²) in [6, 6.07) is 22.0. The molecular weight excluding hydrogens is 442 g/mol. The maximum Gasteiger partial charge on any atom is 0.231 e. The van der Waals surface area contributed by atoms with Crippen LogP contribution in [-0.4, -0.2) is 17.4 Å². The lowest BCUT2D eigenvalue weighted by Crippen LogP contribution is -2.34. The Labute approximate surface area is 183 Å². The Morgan fingerprint density at radius 3 is 2.57 bits per heavy atom. The number of halogens is 1. The maximum absolute atomic E-state index is 12.9. The van der Waals surface area contributed by atoms with Crippen molar-refractivity contribution in [3.63, 3.8) is 0 Å². The molecule has 0 radical (unpaired) electrons. The van der Waals surface area contributed by atoms with E-state index < -0.39 is 0 Å². The van der Waals surface area contributed by atoms with Gasteiger partial charge in [-0.3, -0.25) is 9.69 Å². The predicted molar refractivity (Wildman–Crippen MR) is 119 cm³/mol. The first-order chi connectivity index (χ1) is 14.6. The predicted octanol–water partition coefficient (Wildman–Crippen LogP) is 5.98. The second kappa shape index (κ2) is 7.74. The van der Waals surface area contributed by atoms with Crippen molar-refractivity contribution in [3.05, 3.63) is 99.2 Å². The van der Waals surface area contributed by atoms with Crippen molar-refractivity contribution >= 4 is 27.8 Å². The van der Waals surface area contributed by atoms with E-state index in [9.17, 15) is 4.79 Å². The first kappa shape index (κ1) is 19.1. The van der Waals surface area contributed by atoms with E-state index in [1.54, 1.807) is 12.1 Å². The molecule has 1 unspecified atom stereocenters. The molecule has 2 aliphatic rings. The van der Waals surface area contributed by atoms with Crippen molar-refractivity contribution in [1.82, 2.24) is 4.90 Å². The van der Waals surface area contributed by atoms with Crippen molar-refractivity contribution in [1.29, 1.82) is 0 Å². The van der Waals surface area contributed by atoms with Crippen LogP contribution in [0, 0.1) is 0 Å². The Balaban J connectivity index is 1.45. The molecule has 0 saturated heterocycles. The Morgan fingerprint density at radius 2 is 1.80 bits per heavy atom. The molecule has 4 nitrogen and oxygen atoms in total. The zero-order chi connectivity index (χ0) is 20.7. The Kier molecular flexibility index (Phi) is 4.93. The summed E-state index contributed by atoms with van der Waals surface area (Å²) in [7, 11) is 0. The standard InChI is InChI=1S/C25H20BrNO3/c1-16(18-5-3-2-4-6-18)27-14-21-22(29-15-27)12-11-20-24(28)23(30-25(20)21)13-17-7-9-19(26)10-8-17/h2-13,16H,14-15H2,1H3/b23-13-. The molecule has 0 amide bonds. The molecule has 5 rings (SSSR count). The fourth-order valence-electron chi connectivity index (χ4n) is 3.88. The van der Waals surface area contributed by atoms with Crippen LogP contribution in [-0.2, 0) is 6.54 Å². The van der Waals surface area contributed by atoms with Gasteiger partial charge in [0.25, 0.3) is 0 Å². The fraction of sp³-hybridized carbons (Fsp3) is 0.160. The van der Waals surface area contributed by atoms with Gasteiger partial charge in [0.2, 0.25) is 5.78 Å². The smallest absolute Gasteiger partial charge is 0.231 e. The molecule has 0 saturated carbocycles. The molecule has 0 fully saturated rings. The quantitative estimate of drug-likeness (QED) is 0.449. The number of nitrogens with zero attached hydrogens (tertiary/aromatic N) is 1. The topological polar surface area (TPSA) is 38.8 Å². The summed E-state index contributed by atoms with van der Waals surface area (Å²) < 4.78 is 13.1. The first-order valence-corrected chi connectivity index (χ1v) is 10.7. The Hall–Kier alpha value is -2.89. The molecule has 0 aromatic heterocycles. The van der Waals surface area contributed by atoms with Gasteiger partial charge < -0.3 is 9.47 Å². The summed E-state index contributed by atoms with van der Waals surface area (Å²) in [6.07, 6.45) is 1.79. The van der Waals surface area contributed by atoms with E-state index in [0.29, 0.717) is 30.3 Å². The normalized spacial score (nSPS) is 17.8. The van der Waals surface area contributed by atoms with Gasteiger partial charge in [0, 0.05) is 17.1 Å². The van der Waals surface area contributed by atoms with Crippen LogP contribution in [0.25, 0.3) is 6.08 Å². The molecule has 5 heteroatoms. The van der Waals surface area contributed by atoms with Crippen LogP contribution in [0.1, 0.15) is 40.0 Å². The molecule has 2 heterocycles. The first-order valence-electron chi connectivity index (χ1n) is 9.87. The van der Waals surface area contributed by atoms with Crippen LogP contribution >= 0.6 is 15.9 Å². The van der Waals surface area contributed by atoms with Crippen molar-refractivity contribution in [2.75, 3.05) is 6.73 Å². The van der Waals surface area contributed by atoms with E-state index >= 15 is 0 Å². The molecular formula is C25H20BrNO3. The third kappa shape index (κ3) is 3.44. The minimum atomic E-state index is -0.0936. The molecule has 0 N–H and O–H groups in total. The number of benzene rings is 3. The fourth-order valence-corrected chi connectivity index (χ4v) is 4.14. The van der Waals surface area contributed by atoms with E-state index in [2.05, 4.69) is 39.9 Å². The lowest BCUT2D eigenvalue weighted by atomic mass is 10.0. The summed E-state index contributed by atoms with van der Waals surface area (Å²) in [5, 5.41) is 0. The number of ether oxygens (including phenoxy) is 2. The van der Waals surface area contributed by atoms with Crippen molar-refractivity contribution in [3.8, 4) is 11.5 Å². The molecule has 3 aromatic rings. The SMILES string of the molecule is CC(c1ccccc1)N1COc2ccc3c(c2C1)O/C(=C\c1ccc(Br)cc1)C3=O. The van der Waals surface area contributed by atoms with Crippen molar-refractivity contribution in [2.24, 2.45) is 0 Å². The summed E-state index contributed by atoms with van der Waals surface area (Å²) in [5.41, 5.74) is 3.66. The summed E-state index contributed by atoms with van der Waals surface area (Å²) in [6.45, 7) is 3.32. The number of carbonyl (C=O) groups is 1. The van der Waals surface area contributed by atoms with E-state index in [1.807, 2.05) is 48.5 Å². The van der Waals surface area contributed by atoms with Crippen molar-refractivity contribution in [2.45, 2.75) is 19.5 Å². The zero-order valence-corrected chi connectivity index (χ0v) is 18.1. The van der Waals surface area contributed by atoms with E-state index in [-0.39, 0.29) is 11.8 Å². The van der Waals surface area contributed by atoms with Gasteiger partial charge in [0.05, 0.1) is 11.1 Å². The van der Waals surface area contributed by atoms with E-state index in [1.165, 1.54) is 5.56 Å². The Bertz CT molecular complexity index is 1140. The summed E-state index contributed by atoms with van der Waals surface area (Å²) in [5.74, 6) is 1.65. The van der Waals surface area contributed by atoms with Gasteiger partial charge in [-0.05, 0) is 48.4 Å². The molecule has 2 aliphatic heterocycles. The lowest BCUT2D eigenvalue weighted by Gasteiger charge is -2.34. The van der Waals surface area contributed by atoms with Gasteiger partial charge in [-0.1, -0.05) is 58.4 Å². The van der Waals surface area contributed by atoms with E-state index in [4.69, 9.17) is 9.47 Å². The minimum absolute atomic E-state index is 0.0936. The van der Waals surface area contributed by atoms with Crippen LogP contribution in [0.5, 0.6) is 11.5 Å². The molecule has 0 aliphatic carbocycles. The highest BCUT2D eigenvalue weighted by atomic mass is 79.9. The highest BCUT2D eigenvalue weighted by Gasteiger charge is 2.34. The zero-order valence-electron chi connectivity index (χ0n) is 16.5. The highest BCUT2D eigenvalue weighted by molar-refractivity contribution is 9.10. The number of Topliss-reactive ketones (excluding diaryl/α,β-unsaturated/α-hetero) is 1. The van der Waals surface area contributed by atoms with E-state index in [0.717, 1.165) is 21.3 Å². The third-order valence-electron chi connectivity index (χ3n) is 5.64. The molecule has 150 valence electrons. The van der Waals surface area contributed by atoms with Gasteiger partial charge in [-0.2, -0.15) is 0 Å². The second-order valence-electron chi connectivity index (χ2n) is 7.52. The second-order valence-corrected chi connectivity index (χ2v) is 8.43. The number of hydrogen-bond donors (Lipinski definition) is 0. The van der Waals surface area contributed by atoms with Gasteiger partial charge in [0.1, 0.15) is 18.2 Å². The average Bonchev–Trinajstić information content (AvgIpc) is 3.11.